The summed E-state index contributed by atoms with van der Waals surface area (Å²) in [5.41, 5.74) is 0.931. The fraction of sp³-hybridized carbons (Fsp3) is 0.500. The molecule has 2 nitrogen and oxygen atoms in total. The van der Waals surface area contributed by atoms with Crippen LogP contribution in [0.5, 0.6) is 0 Å². The summed E-state index contributed by atoms with van der Waals surface area (Å²) >= 11 is 11.9. The lowest BCUT2D eigenvalue weighted by Gasteiger charge is -2.22. The van der Waals surface area contributed by atoms with Gasteiger partial charge in [0, 0.05) is 16.1 Å². The Balaban J connectivity index is 2.83. The number of rotatable bonds is 3. The quantitative estimate of drug-likeness (QED) is 0.893. The van der Waals surface area contributed by atoms with Gasteiger partial charge in [-0.15, -0.1) is 0 Å². The highest BCUT2D eigenvalue weighted by Crippen LogP contribution is 2.24. The van der Waals surface area contributed by atoms with Gasteiger partial charge < -0.3 is 0 Å². The molecule has 5 heteroatoms. The van der Waals surface area contributed by atoms with Crippen molar-refractivity contribution < 1.29 is 4.21 Å². The van der Waals surface area contributed by atoms with Crippen LogP contribution in [0.25, 0.3) is 0 Å². The second kappa shape index (κ2) is 5.70. The van der Waals surface area contributed by atoms with Crippen molar-refractivity contribution in [3.05, 3.63) is 33.8 Å². The van der Waals surface area contributed by atoms with Crippen LogP contribution in [-0.4, -0.2) is 8.96 Å². The fourth-order valence-electron chi connectivity index (χ4n) is 1.23. The van der Waals surface area contributed by atoms with Gasteiger partial charge in [-0.25, -0.2) is 8.93 Å². The normalized spacial score (nSPS) is 15.6. The van der Waals surface area contributed by atoms with E-state index in [2.05, 4.69) is 4.72 Å². The molecule has 0 amide bonds. The van der Waals surface area contributed by atoms with Gasteiger partial charge >= 0.3 is 0 Å². The highest BCUT2D eigenvalue weighted by atomic mass is 35.5. The Kier molecular flexibility index (Phi) is 5.02. The van der Waals surface area contributed by atoms with Crippen LogP contribution < -0.4 is 4.72 Å². The molecule has 0 saturated carbocycles. The number of hydrogen-bond donors (Lipinski definition) is 1. The largest absolute Gasteiger partial charge is 0.242 e. The van der Waals surface area contributed by atoms with Gasteiger partial charge in [0.1, 0.15) is 0 Å². The van der Waals surface area contributed by atoms with Crippen molar-refractivity contribution in [3.8, 4) is 0 Å². The molecule has 0 heterocycles. The van der Waals surface area contributed by atoms with Crippen molar-refractivity contribution in [1.82, 2.24) is 4.72 Å². The molecule has 1 unspecified atom stereocenters. The first-order valence-corrected chi connectivity index (χ1v) is 7.25. The molecule has 0 spiro atoms. The average Bonchev–Trinajstić information content (AvgIpc) is 2.14. The summed E-state index contributed by atoms with van der Waals surface area (Å²) in [7, 11) is -1.12. The monoisotopic (exact) mass is 293 g/mol. The SMILES string of the molecule is C[C@H](NS(=O)C(C)(C)C)c1cc(Cl)cc(Cl)c1. The highest BCUT2D eigenvalue weighted by molar-refractivity contribution is 7.84. The van der Waals surface area contributed by atoms with Crippen molar-refractivity contribution in [2.75, 3.05) is 0 Å². The van der Waals surface area contributed by atoms with E-state index in [0.29, 0.717) is 10.0 Å². The van der Waals surface area contributed by atoms with Gasteiger partial charge in [0.2, 0.25) is 0 Å². The Bertz CT molecular complexity index is 409. The van der Waals surface area contributed by atoms with E-state index >= 15 is 0 Å². The zero-order valence-corrected chi connectivity index (χ0v) is 12.7. The molecule has 96 valence electrons. The molecule has 1 aromatic carbocycles. The van der Waals surface area contributed by atoms with E-state index in [0.717, 1.165) is 5.56 Å². The van der Waals surface area contributed by atoms with E-state index in [-0.39, 0.29) is 10.8 Å². The Labute approximate surface area is 115 Å². The summed E-state index contributed by atoms with van der Waals surface area (Å²) in [5, 5.41) is 1.17. The molecule has 0 aliphatic carbocycles. The summed E-state index contributed by atoms with van der Waals surface area (Å²) in [6.45, 7) is 7.71. The molecule has 1 aromatic rings. The van der Waals surface area contributed by atoms with Crippen LogP contribution in [0.1, 0.15) is 39.3 Å². The zero-order chi connectivity index (χ0) is 13.2. The van der Waals surface area contributed by atoms with E-state index in [1.54, 1.807) is 6.07 Å². The second-order valence-corrected chi connectivity index (χ2v) is 7.79. The van der Waals surface area contributed by atoms with Crippen molar-refractivity contribution >= 4 is 34.2 Å². The molecule has 0 aliphatic rings. The Morgan fingerprint density at radius 3 is 2.06 bits per heavy atom. The van der Waals surface area contributed by atoms with Gasteiger partial charge in [-0.05, 0) is 51.5 Å². The number of benzene rings is 1. The van der Waals surface area contributed by atoms with Crippen LogP contribution in [0.4, 0.5) is 0 Å². The number of halogens is 2. The third-order valence-electron chi connectivity index (χ3n) is 2.22. The lowest BCUT2D eigenvalue weighted by molar-refractivity contribution is 0.616. The molecule has 0 fully saturated rings. The Morgan fingerprint density at radius 2 is 1.65 bits per heavy atom. The zero-order valence-electron chi connectivity index (χ0n) is 10.4. The summed E-state index contributed by atoms with van der Waals surface area (Å²) < 4.78 is 14.7. The highest BCUT2D eigenvalue weighted by Gasteiger charge is 2.21. The van der Waals surface area contributed by atoms with E-state index in [1.165, 1.54) is 0 Å². The molecule has 0 radical (unpaired) electrons. The molecule has 2 atom stereocenters. The van der Waals surface area contributed by atoms with E-state index in [1.807, 2.05) is 39.8 Å². The predicted octanol–water partition coefficient (Wildman–Crippen LogP) is 4.11. The lowest BCUT2D eigenvalue weighted by Crippen LogP contribution is -2.34. The maximum Gasteiger partial charge on any atom is 0.0975 e. The molecule has 0 bridgehead atoms. The maximum atomic E-state index is 12.0. The van der Waals surface area contributed by atoms with Crippen LogP contribution >= 0.6 is 23.2 Å². The third kappa shape index (κ3) is 4.59. The summed E-state index contributed by atoms with van der Waals surface area (Å²) in [4.78, 5) is 0. The molecular weight excluding hydrogens is 277 g/mol. The standard InChI is InChI=1S/C12H17Cl2NOS/c1-8(15-17(16)12(2,3)4)9-5-10(13)7-11(14)6-9/h5-8,15H,1-4H3/t8-,17?/m0/s1. The van der Waals surface area contributed by atoms with Crippen LogP contribution in [0.2, 0.25) is 10.0 Å². The molecular formula is C12H17Cl2NOS. The summed E-state index contributed by atoms with van der Waals surface area (Å²) in [6, 6.07) is 5.27. The van der Waals surface area contributed by atoms with E-state index in [9.17, 15) is 4.21 Å². The van der Waals surface area contributed by atoms with Gasteiger partial charge in [0.05, 0.1) is 15.7 Å². The van der Waals surface area contributed by atoms with Crippen LogP contribution in [0, 0.1) is 0 Å². The van der Waals surface area contributed by atoms with Crippen LogP contribution in [-0.2, 0) is 11.0 Å². The van der Waals surface area contributed by atoms with Gasteiger partial charge in [-0.3, -0.25) is 0 Å². The van der Waals surface area contributed by atoms with E-state index < -0.39 is 11.0 Å². The van der Waals surface area contributed by atoms with Gasteiger partial charge in [0.25, 0.3) is 0 Å². The maximum absolute atomic E-state index is 12.0. The van der Waals surface area contributed by atoms with Crippen molar-refractivity contribution in [2.24, 2.45) is 0 Å². The Hall–Kier alpha value is -0.0900. The van der Waals surface area contributed by atoms with Gasteiger partial charge in [-0.1, -0.05) is 23.2 Å². The molecule has 0 saturated heterocycles. The number of nitrogens with one attached hydrogen (secondary N) is 1. The first-order chi connectivity index (χ1) is 7.70. The Morgan fingerprint density at radius 1 is 1.18 bits per heavy atom. The van der Waals surface area contributed by atoms with Gasteiger partial charge in [-0.2, -0.15) is 0 Å². The van der Waals surface area contributed by atoms with Crippen LogP contribution in [0.3, 0.4) is 0 Å². The first-order valence-electron chi connectivity index (χ1n) is 5.34. The molecule has 0 aliphatic heterocycles. The van der Waals surface area contributed by atoms with Crippen LogP contribution in [0.15, 0.2) is 18.2 Å². The van der Waals surface area contributed by atoms with Crippen molar-refractivity contribution in [2.45, 2.75) is 38.5 Å². The molecule has 17 heavy (non-hydrogen) atoms. The lowest BCUT2D eigenvalue weighted by atomic mass is 10.1. The van der Waals surface area contributed by atoms with Crippen molar-refractivity contribution in [3.63, 3.8) is 0 Å². The number of hydrogen-bond acceptors (Lipinski definition) is 1. The minimum atomic E-state index is -1.12. The topological polar surface area (TPSA) is 29.1 Å². The average molecular weight is 294 g/mol. The first kappa shape index (κ1) is 15.0. The molecule has 0 aromatic heterocycles. The summed E-state index contributed by atoms with van der Waals surface area (Å²) in [6.07, 6.45) is 0. The predicted molar refractivity (Wildman–Crippen MR) is 75.9 cm³/mol. The smallest absolute Gasteiger partial charge is 0.0975 e. The minimum Gasteiger partial charge on any atom is -0.242 e. The van der Waals surface area contributed by atoms with Crippen molar-refractivity contribution in [1.29, 1.82) is 0 Å². The van der Waals surface area contributed by atoms with E-state index in [4.69, 9.17) is 23.2 Å². The fourth-order valence-corrected chi connectivity index (χ4v) is 2.58. The third-order valence-corrected chi connectivity index (χ3v) is 4.34. The van der Waals surface area contributed by atoms with Gasteiger partial charge in [0.15, 0.2) is 0 Å². The summed E-state index contributed by atoms with van der Waals surface area (Å²) in [5.74, 6) is 0. The second-order valence-electron chi connectivity index (χ2n) is 4.92. The molecule has 1 rings (SSSR count). The minimum absolute atomic E-state index is 0.0636. The molecule has 1 N–H and O–H groups in total.